The Balaban J connectivity index is 1.97. The molecule has 1 N–H and O–H groups in total. The van der Waals surface area contributed by atoms with Crippen molar-refractivity contribution in [3.05, 3.63) is 29.8 Å². The Morgan fingerprint density at radius 1 is 1.44 bits per heavy atom. The van der Waals surface area contributed by atoms with Crippen molar-refractivity contribution in [3.63, 3.8) is 0 Å². The summed E-state index contributed by atoms with van der Waals surface area (Å²) in [6.07, 6.45) is 1.04. The number of rotatable bonds is 4. The SMILES string of the molecule is CCCNCC(=O)N1CCOc2ccccc2C1. The molecule has 1 aliphatic rings. The summed E-state index contributed by atoms with van der Waals surface area (Å²) < 4.78 is 5.64. The third-order valence-corrected chi connectivity index (χ3v) is 3.01. The highest BCUT2D eigenvalue weighted by Gasteiger charge is 2.18. The Hall–Kier alpha value is -1.55. The lowest BCUT2D eigenvalue weighted by Crippen LogP contribution is -2.39. The van der Waals surface area contributed by atoms with E-state index in [4.69, 9.17) is 4.74 Å². The molecular formula is C14H20N2O2. The van der Waals surface area contributed by atoms with Gasteiger partial charge >= 0.3 is 0 Å². The minimum Gasteiger partial charge on any atom is -0.491 e. The van der Waals surface area contributed by atoms with Gasteiger partial charge in [-0.05, 0) is 19.0 Å². The van der Waals surface area contributed by atoms with Gasteiger partial charge in [-0.1, -0.05) is 25.1 Å². The van der Waals surface area contributed by atoms with Crippen molar-refractivity contribution in [2.75, 3.05) is 26.2 Å². The molecule has 0 aromatic heterocycles. The second-order valence-corrected chi connectivity index (χ2v) is 4.45. The van der Waals surface area contributed by atoms with Crippen molar-refractivity contribution in [1.82, 2.24) is 10.2 Å². The second-order valence-electron chi connectivity index (χ2n) is 4.45. The summed E-state index contributed by atoms with van der Waals surface area (Å²) >= 11 is 0. The quantitative estimate of drug-likeness (QED) is 0.819. The lowest BCUT2D eigenvalue weighted by Gasteiger charge is -2.20. The monoisotopic (exact) mass is 248 g/mol. The molecule has 0 radical (unpaired) electrons. The van der Waals surface area contributed by atoms with Crippen molar-refractivity contribution in [3.8, 4) is 5.75 Å². The summed E-state index contributed by atoms with van der Waals surface area (Å²) in [5, 5.41) is 3.14. The molecule has 1 aromatic rings. The van der Waals surface area contributed by atoms with Crippen molar-refractivity contribution in [2.24, 2.45) is 0 Å². The largest absolute Gasteiger partial charge is 0.491 e. The molecule has 0 spiro atoms. The molecule has 0 fully saturated rings. The van der Waals surface area contributed by atoms with Crippen LogP contribution in [0.2, 0.25) is 0 Å². The van der Waals surface area contributed by atoms with E-state index in [1.807, 2.05) is 29.2 Å². The van der Waals surface area contributed by atoms with E-state index in [2.05, 4.69) is 12.2 Å². The second kappa shape index (κ2) is 6.40. The first kappa shape index (κ1) is 12.9. The highest BCUT2D eigenvalue weighted by atomic mass is 16.5. The number of carbonyl (C=O) groups excluding carboxylic acids is 1. The van der Waals surface area contributed by atoms with Crippen LogP contribution in [-0.4, -0.2) is 37.0 Å². The summed E-state index contributed by atoms with van der Waals surface area (Å²) in [4.78, 5) is 13.9. The molecule has 18 heavy (non-hydrogen) atoms. The van der Waals surface area contributed by atoms with E-state index >= 15 is 0 Å². The molecule has 0 saturated heterocycles. The van der Waals surface area contributed by atoms with Gasteiger partial charge in [0.25, 0.3) is 0 Å². The van der Waals surface area contributed by atoms with E-state index in [1.165, 1.54) is 0 Å². The number of para-hydroxylation sites is 1. The van der Waals surface area contributed by atoms with Gasteiger partial charge in [-0.15, -0.1) is 0 Å². The summed E-state index contributed by atoms with van der Waals surface area (Å²) in [5.41, 5.74) is 1.08. The minimum absolute atomic E-state index is 0.142. The van der Waals surface area contributed by atoms with Gasteiger partial charge in [-0.2, -0.15) is 0 Å². The minimum atomic E-state index is 0.142. The van der Waals surface area contributed by atoms with Gasteiger partial charge in [-0.3, -0.25) is 4.79 Å². The van der Waals surface area contributed by atoms with E-state index in [0.29, 0.717) is 26.2 Å². The lowest BCUT2D eigenvalue weighted by molar-refractivity contribution is -0.130. The molecule has 1 amide bonds. The molecule has 0 saturated carbocycles. The maximum atomic E-state index is 12.0. The fourth-order valence-corrected chi connectivity index (χ4v) is 2.02. The van der Waals surface area contributed by atoms with Crippen LogP contribution in [0.15, 0.2) is 24.3 Å². The number of hydrogen-bond donors (Lipinski definition) is 1. The van der Waals surface area contributed by atoms with Crippen LogP contribution in [0.1, 0.15) is 18.9 Å². The first-order chi connectivity index (χ1) is 8.81. The summed E-state index contributed by atoms with van der Waals surface area (Å²) in [7, 11) is 0. The van der Waals surface area contributed by atoms with Crippen LogP contribution in [0, 0.1) is 0 Å². The Morgan fingerprint density at radius 3 is 3.11 bits per heavy atom. The number of hydrogen-bond acceptors (Lipinski definition) is 3. The van der Waals surface area contributed by atoms with Gasteiger partial charge in [0, 0.05) is 12.1 Å². The van der Waals surface area contributed by atoms with Crippen molar-refractivity contribution in [2.45, 2.75) is 19.9 Å². The van der Waals surface area contributed by atoms with Gasteiger partial charge in [0.1, 0.15) is 12.4 Å². The predicted octanol–water partition coefficient (Wildman–Crippen LogP) is 1.41. The van der Waals surface area contributed by atoms with Crippen molar-refractivity contribution < 1.29 is 9.53 Å². The fourth-order valence-electron chi connectivity index (χ4n) is 2.02. The molecule has 4 heteroatoms. The molecule has 0 atom stereocenters. The highest BCUT2D eigenvalue weighted by Crippen LogP contribution is 2.22. The lowest BCUT2D eigenvalue weighted by atomic mass is 10.2. The number of fused-ring (bicyclic) bond motifs is 1. The molecule has 1 heterocycles. The molecule has 2 rings (SSSR count). The Kier molecular flexibility index (Phi) is 4.59. The fraction of sp³-hybridized carbons (Fsp3) is 0.500. The van der Waals surface area contributed by atoms with Gasteiger partial charge in [0.15, 0.2) is 0 Å². The first-order valence-corrected chi connectivity index (χ1v) is 6.50. The first-order valence-electron chi connectivity index (χ1n) is 6.50. The van der Waals surface area contributed by atoms with E-state index in [-0.39, 0.29) is 5.91 Å². The smallest absolute Gasteiger partial charge is 0.236 e. The summed E-state index contributed by atoms with van der Waals surface area (Å²) in [5.74, 6) is 1.04. The molecule has 1 aromatic carbocycles. The molecule has 0 aliphatic carbocycles. The van der Waals surface area contributed by atoms with Gasteiger partial charge in [-0.25, -0.2) is 0 Å². The Bertz CT molecular complexity index is 407. The summed E-state index contributed by atoms with van der Waals surface area (Å²) in [6, 6.07) is 7.91. The highest BCUT2D eigenvalue weighted by molar-refractivity contribution is 5.78. The van der Waals surface area contributed by atoms with Crippen LogP contribution in [-0.2, 0) is 11.3 Å². The summed E-state index contributed by atoms with van der Waals surface area (Å²) in [6.45, 7) is 5.25. The molecule has 0 bridgehead atoms. The molecule has 4 nitrogen and oxygen atoms in total. The molecule has 1 aliphatic heterocycles. The zero-order chi connectivity index (χ0) is 12.8. The van der Waals surface area contributed by atoms with E-state index < -0.39 is 0 Å². The van der Waals surface area contributed by atoms with Gasteiger partial charge in [0.2, 0.25) is 5.91 Å². The van der Waals surface area contributed by atoms with Crippen LogP contribution in [0.5, 0.6) is 5.75 Å². The number of carbonyl (C=O) groups is 1. The predicted molar refractivity (Wildman–Crippen MR) is 70.5 cm³/mol. The third kappa shape index (κ3) is 3.23. The third-order valence-electron chi connectivity index (χ3n) is 3.01. The number of nitrogens with one attached hydrogen (secondary N) is 1. The average molecular weight is 248 g/mol. The van der Waals surface area contributed by atoms with Crippen LogP contribution < -0.4 is 10.1 Å². The number of benzene rings is 1. The average Bonchev–Trinajstić information content (AvgIpc) is 2.61. The number of nitrogens with zero attached hydrogens (tertiary/aromatic N) is 1. The Morgan fingerprint density at radius 2 is 2.28 bits per heavy atom. The van der Waals surface area contributed by atoms with Gasteiger partial charge < -0.3 is 15.0 Å². The van der Waals surface area contributed by atoms with E-state index in [9.17, 15) is 4.79 Å². The maximum absolute atomic E-state index is 12.0. The van der Waals surface area contributed by atoms with Crippen LogP contribution >= 0.6 is 0 Å². The zero-order valence-electron chi connectivity index (χ0n) is 10.8. The Labute approximate surface area is 108 Å². The van der Waals surface area contributed by atoms with Crippen molar-refractivity contribution >= 4 is 5.91 Å². The number of amides is 1. The topological polar surface area (TPSA) is 41.6 Å². The van der Waals surface area contributed by atoms with Gasteiger partial charge in [0.05, 0.1) is 13.1 Å². The van der Waals surface area contributed by atoms with Crippen molar-refractivity contribution in [1.29, 1.82) is 0 Å². The molecular weight excluding hydrogens is 228 g/mol. The maximum Gasteiger partial charge on any atom is 0.236 e. The van der Waals surface area contributed by atoms with Crippen LogP contribution in [0.4, 0.5) is 0 Å². The normalized spacial score (nSPS) is 14.6. The molecule has 98 valence electrons. The molecule has 0 unspecified atom stereocenters. The van der Waals surface area contributed by atoms with E-state index in [0.717, 1.165) is 24.3 Å². The number of ether oxygens (including phenoxy) is 1. The van der Waals surface area contributed by atoms with E-state index in [1.54, 1.807) is 0 Å². The zero-order valence-corrected chi connectivity index (χ0v) is 10.8. The van der Waals surface area contributed by atoms with Crippen LogP contribution in [0.25, 0.3) is 0 Å². The van der Waals surface area contributed by atoms with Crippen LogP contribution in [0.3, 0.4) is 0 Å². The standard InChI is InChI=1S/C14H20N2O2/c1-2-7-15-10-14(17)16-8-9-18-13-6-4-3-5-12(13)11-16/h3-6,15H,2,7-11H2,1H3.